The van der Waals surface area contributed by atoms with Gasteiger partial charge in [-0.3, -0.25) is 4.90 Å². The van der Waals surface area contributed by atoms with Gasteiger partial charge in [0, 0.05) is 37.2 Å². The third-order valence-electron chi connectivity index (χ3n) is 3.71. The quantitative estimate of drug-likeness (QED) is 0.768. The topological polar surface area (TPSA) is 24.5 Å². The first-order valence-corrected chi connectivity index (χ1v) is 7.67. The Kier molecular flexibility index (Phi) is 5.63. The predicted molar refractivity (Wildman–Crippen MR) is 77.2 cm³/mol. The first kappa shape index (κ1) is 14.0. The molecule has 1 aromatic rings. The summed E-state index contributed by atoms with van der Waals surface area (Å²) in [5.41, 5.74) is 0. The van der Waals surface area contributed by atoms with Crippen molar-refractivity contribution in [2.75, 3.05) is 39.9 Å². The smallest absolute Gasteiger partial charge is 0.0507 e. The fourth-order valence-corrected chi connectivity index (χ4v) is 3.09. The van der Waals surface area contributed by atoms with Gasteiger partial charge in [0.15, 0.2) is 0 Å². The van der Waals surface area contributed by atoms with Gasteiger partial charge >= 0.3 is 0 Å². The molecule has 0 amide bonds. The van der Waals surface area contributed by atoms with Crippen molar-refractivity contribution in [3.05, 3.63) is 22.4 Å². The van der Waals surface area contributed by atoms with Gasteiger partial charge in [0.25, 0.3) is 0 Å². The lowest BCUT2D eigenvalue weighted by Crippen LogP contribution is -2.33. The molecule has 102 valence electrons. The second-order valence-corrected chi connectivity index (χ2v) is 6.09. The Labute approximate surface area is 114 Å². The number of nitrogens with zero attached hydrogens (tertiary/aromatic N) is 1. The zero-order valence-corrected chi connectivity index (χ0v) is 12.2. The maximum atomic E-state index is 5.37. The van der Waals surface area contributed by atoms with Gasteiger partial charge in [0.2, 0.25) is 0 Å². The standard InChI is InChI=1S/C14H24N2OS/c1-12(14-4-3-9-18-14)16(2)7-6-15-10-13-5-8-17-11-13/h3-4,9,12-13,15H,5-8,10-11H2,1-2H3. The number of hydrogen-bond acceptors (Lipinski definition) is 4. The van der Waals surface area contributed by atoms with Crippen molar-refractivity contribution in [1.29, 1.82) is 0 Å². The van der Waals surface area contributed by atoms with E-state index in [0.717, 1.165) is 38.8 Å². The van der Waals surface area contributed by atoms with E-state index in [9.17, 15) is 0 Å². The third-order valence-corrected chi connectivity index (χ3v) is 4.76. The molecule has 0 spiro atoms. The molecule has 2 unspecified atom stereocenters. The molecule has 3 nitrogen and oxygen atoms in total. The molecular formula is C14H24N2OS. The highest BCUT2D eigenvalue weighted by Crippen LogP contribution is 2.22. The molecule has 4 heteroatoms. The molecule has 2 rings (SSSR count). The highest BCUT2D eigenvalue weighted by Gasteiger charge is 2.15. The summed E-state index contributed by atoms with van der Waals surface area (Å²) in [5.74, 6) is 0.727. The van der Waals surface area contributed by atoms with Crippen molar-refractivity contribution >= 4 is 11.3 Å². The minimum Gasteiger partial charge on any atom is -0.381 e. The van der Waals surface area contributed by atoms with E-state index in [0.29, 0.717) is 6.04 Å². The van der Waals surface area contributed by atoms with Crippen LogP contribution in [-0.2, 0) is 4.74 Å². The summed E-state index contributed by atoms with van der Waals surface area (Å²) in [6.07, 6.45) is 1.22. The summed E-state index contributed by atoms with van der Waals surface area (Å²) < 4.78 is 5.37. The van der Waals surface area contributed by atoms with E-state index in [1.54, 1.807) is 0 Å². The van der Waals surface area contributed by atoms with Crippen LogP contribution in [0.2, 0.25) is 0 Å². The zero-order chi connectivity index (χ0) is 12.8. The second kappa shape index (κ2) is 7.24. The van der Waals surface area contributed by atoms with E-state index in [-0.39, 0.29) is 0 Å². The van der Waals surface area contributed by atoms with E-state index in [1.807, 2.05) is 11.3 Å². The minimum absolute atomic E-state index is 0.515. The van der Waals surface area contributed by atoms with Crippen molar-refractivity contribution in [3.8, 4) is 0 Å². The normalized spacial score (nSPS) is 21.6. The van der Waals surface area contributed by atoms with Crippen LogP contribution in [0.4, 0.5) is 0 Å². The summed E-state index contributed by atoms with van der Waals surface area (Å²) in [6, 6.07) is 4.86. The average molecular weight is 268 g/mol. The Bertz CT molecular complexity index is 323. The number of likely N-dealkylation sites (N-methyl/N-ethyl adjacent to an activating group) is 1. The largest absolute Gasteiger partial charge is 0.381 e. The number of rotatable bonds is 7. The van der Waals surface area contributed by atoms with E-state index in [1.165, 1.54) is 11.3 Å². The number of hydrogen-bond donors (Lipinski definition) is 1. The average Bonchev–Trinajstić information content (AvgIpc) is 3.05. The predicted octanol–water partition coefficient (Wildman–Crippen LogP) is 2.37. The molecule has 1 aromatic heterocycles. The van der Waals surface area contributed by atoms with Gasteiger partial charge in [-0.1, -0.05) is 6.07 Å². The highest BCUT2D eigenvalue weighted by atomic mass is 32.1. The fraction of sp³-hybridized carbons (Fsp3) is 0.714. The van der Waals surface area contributed by atoms with E-state index in [4.69, 9.17) is 4.74 Å². The van der Waals surface area contributed by atoms with Crippen molar-refractivity contribution in [1.82, 2.24) is 10.2 Å². The maximum absolute atomic E-state index is 5.37. The van der Waals surface area contributed by atoms with Gasteiger partial charge in [-0.25, -0.2) is 0 Å². The second-order valence-electron chi connectivity index (χ2n) is 5.11. The Hall–Kier alpha value is -0.420. The van der Waals surface area contributed by atoms with Crippen LogP contribution in [0.15, 0.2) is 17.5 Å². The molecule has 0 bridgehead atoms. The molecule has 1 aliphatic rings. The van der Waals surface area contributed by atoms with Gasteiger partial charge in [-0.05, 0) is 37.8 Å². The Balaban J connectivity index is 1.60. The van der Waals surface area contributed by atoms with Gasteiger partial charge in [0.1, 0.15) is 0 Å². The van der Waals surface area contributed by atoms with Crippen molar-refractivity contribution in [2.45, 2.75) is 19.4 Å². The van der Waals surface area contributed by atoms with E-state index in [2.05, 4.69) is 41.7 Å². The van der Waals surface area contributed by atoms with E-state index < -0.39 is 0 Å². The summed E-state index contributed by atoms with van der Waals surface area (Å²) in [4.78, 5) is 3.85. The molecule has 1 aliphatic heterocycles. The van der Waals surface area contributed by atoms with Crippen molar-refractivity contribution in [3.63, 3.8) is 0 Å². The van der Waals surface area contributed by atoms with E-state index >= 15 is 0 Å². The third kappa shape index (κ3) is 4.05. The van der Waals surface area contributed by atoms with Crippen LogP contribution < -0.4 is 5.32 Å². The summed E-state index contributed by atoms with van der Waals surface area (Å²) in [7, 11) is 2.20. The molecule has 1 fully saturated rings. The monoisotopic (exact) mass is 268 g/mol. The molecule has 0 aromatic carbocycles. The Morgan fingerprint density at radius 1 is 1.61 bits per heavy atom. The molecule has 2 atom stereocenters. The first-order valence-electron chi connectivity index (χ1n) is 6.79. The number of thiophene rings is 1. The molecular weight excluding hydrogens is 244 g/mol. The van der Waals surface area contributed by atoms with Crippen LogP contribution >= 0.6 is 11.3 Å². The van der Waals surface area contributed by atoms with Gasteiger partial charge in [-0.2, -0.15) is 0 Å². The Morgan fingerprint density at radius 3 is 3.17 bits per heavy atom. The lowest BCUT2D eigenvalue weighted by Gasteiger charge is -2.24. The summed E-state index contributed by atoms with van der Waals surface area (Å²) >= 11 is 1.84. The van der Waals surface area contributed by atoms with Gasteiger partial charge < -0.3 is 10.1 Å². The molecule has 1 N–H and O–H groups in total. The van der Waals surface area contributed by atoms with Gasteiger partial charge in [-0.15, -0.1) is 11.3 Å². The van der Waals surface area contributed by atoms with Crippen LogP contribution in [0, 0.1) is 5.92 Å². The molecule has 2 heterocycles. The minimum atomic E-state index is 0.515. The van der Waals surface area contributed by atoms with Crippen LogP contribution in [0.1, 0.15) is 24.3 Å². The van der Waals surface area contributed by atoms with Crippen LogP contribution in [0.5, 0.6) is 0 Å². The van der Waals surface area contributed by atoms with Crippen LogP contribution in [0.3, 0.4) is 0 Å². The molecule has 18 heavy (non-hydrogen) atoms. The van der Waals surface area contributed by atoms with Crippen molar-refractivity contribution in [2.24, 2.45) is 5.92 Å². The van der Waals surface area contributed by atoms with Crippen LogP contribution in [0.25, 0.3) is 0 Å². The maximum Gasteiger partial charge on any atom is 0.0507 e. The molecule has 0 radical (unpaired) electrons. The number of nitrogens with one attached hydrogen (secondary N) is 1. The SMILES string of the molecule is CC(c1cccs1)N(C)CCNCC1CCOC1. The lowest BCUT2D eigenvalue weighted by molar-refractivity contribution is 0.184. The lowest BCUT2D eigenvalue weighted by atomic mass is 10.1. The fourth-order valence-electron chi connectivity index (χ4n) is 2.25. The molecule has 0 saturated carbocycles. The first-order chi connectivity index (χ1) is 8.77. The highest BCUT2D eigenvalue weighted by molar-refractivity contribution is 7.10. The summed E-state index contributed by atoms with van der Waals surface area (Å²) in [6.45, 7) is 7.41. The zero-order valence-electron chi connectivity index (χ0n) is 11.4. The molecule has 0 aliphatic carbocycles. The van der Waals surface area contributed by atoms with Gasteiger partial charge in [0.05, 0.1) is 6.61 Å². The summed E-state index contributed by atoms with van der Waals surface area (Å²) in [5, 5.41) is 5.69. The number of ether oxygens (including phenoxy) is 1. The Morgan fingerprint density at radius 2 is 2.50 bits per heavy atom. The van der Waals surface area contributed by atoms with Crippen LogP contribution in [-0.4, -0.2) is 44.8 Å². The molecule has 1 saturated heterocycles. The van der Waals surface area contributed by atoms with Crippen molar-refractivity contribution < 1.29 is 4.74 Å².